The van der Waals surface area contributed by atoms with Crippen molar-refractivity contribution in [1.29, 1.82) is 0 Å². The van der Waals surface area contributed by atoms with E-state index in [1.807, 2.05) is 31.2 Å². The van der Waals surface area contributed by atoms with E-state index < -0.39 is 10.0 Å². The van der Waals surface area contributed by atoms with Crippen molar-refractivity contribution >= 4 is 10.0 Å². The first-order valence-electron chi connectivity index (χ1n) is 6.88. The molecule has 1 aromatic carbocycles. The molecule has 1 heterocycles. The molecule has 0 saturated carbocycles. The molecule has 1 aliphatic heterocycles. The SMILES string of the molecule is CC1CC(NS(=O)(=O)Cc2cccc(CN)c2)CCO1. The normalized spacial score (nSPS) is 23.7. The van der Waals surface area contributed by atoms with Crippen LogP contribution in [-0.4, -0.2) is 27.2 Å². The summed E-state index contributed by atoms with van der Waals surface area (Å²) >= 11 is 0. The Morgan fingerprint density at radius 2 is 2.15 bits per heavy atom. The highest BCUT2D eigenvalue weighted by Gasteiger charge is 2.24. The number of rotatable bonds is 5. The van der Waals surface area contributed by atoms with Gasteiger partial charge in [0.15, 0.2) is 0 Å². The van der Waals surface area contributed by atoms with E-state index in [1.165, 1.54) is 0 Å². The smallest absolute Gasteiger partial charge is 0.216 e. The Bertz CT molecular complexity index is 545. The molecule has 1 aliphatic rings. The van der Waals surface area contributed by atoms with Crippen molar-refractivity contribution < 1.29 is 13.2 Å². The van der Waals surface area contributed by atoms with Gasteiger partial charge in [-0.3, -0.25) is 0 Å². The van der Waals surface area contributed by atoms with Crippen LogP contribution >= 0.6 is 0 Å². The van der Waals surface area contributed by atoms with Crippen LogP contribution in [0.25, 0.3) is 0 Å². The van der Waals surface area contributed by atoms with E-state index >= 15 is 0 Å². The summed E-state index contributed by atoms with van der Waals surface area (Å²) in [6.07, 6.45) is 1.56. The number of nitrogens with one attached hydrogen (secondary N) is 1. The summed E-state index contributed by atoms with van der Waals surface area (Å²) in [4.78, 5) is 0. The van der Waals surface area contributed by atoms with E-state index in [-0.39, 0.29) is 17.9 Å². The molecule has 1 saturated heterocycles. The lowest BCUT2D eigenvalue weighted by atomic mass is 10.1. The monoisotopic (exact) mass is 298 g/mol. The lowest BCUT2D eigenvalue weighted by Gasteiger charge is -2.27. The maximum Gasteiger partial charge on any atom is 0.216 e. The molecule has 6 heteroatoms. The van der Waals surface area contributed by atoms with E-state index in [0.29, 0.717) is 13.2 Å². The molecule has 0 aromatic heterocycles. The van der Waals surface area contributed by atoms with Crippen molar-refractivity contribution in [3.05, 3.63) is 35.4 Å². The summed E-state index contributed by atoms with van der Waals surface area (Å²) in [6.45, 7) is 2.99. The molecule has 2 unspecified atom stereocenters. The van der Waals surface area contributed by atoms with Crippen molar-refractivity contribution in [2.24, 2.45) is 5.73 Å². The second-order valence-corrected chi connectivity index (χ2v) is 7.06. The van der Waals surface area contributed by atoms with Gasteiger partial charge in [0.25, 0.3) is 0 Å². The highest BCUT2D eigenvalue weighted by Crippen LogP contribution is 2.15. The number of hydrogen-bond donors (Lipinski definition) is 2. The van der Waals surface area contributed by atoms with Gasteiger partial charge in [0.1, 0.15) is 0 Å². The average Bonchev–Trinajstić information content (AvgIpc) is 2.37. The molecule has 20 heavy (non-hydrogen) atoms. The lowest BCUT2D eigenvalue weighted by Crippen LogP contribution is -2.41. The molecule has 112 valence electrons. The lowest BCUT2D eigenvalue weighted by molar-refractivity contribution is 0.0173. The van der Waals surface area contributed by atoms with Crippen molar-refractivity contribution in [3.8, 4) is 0 Å². The van der Waals surface area contributed by atoms with Crippen LogP contribution in [0.4, 0.5) is 0 Å². The first kappa shape index (κ1) is 15.4. The van der Waals surface area contributed by atoms with Crippen molar-refractivity contribution in [2.45, 2.75) is 44.2 Å². The third-order valence-electron chi connectivity index (χ3n) is 3.42. The summed E-state index contributed by atoms with van der Waals surface area (Å²) in [5, 5.41) is 0. The minimum absolute atomic E-state index is 0.00736. The predicted molar refractivity (Wildman–Crippen MR) is 78.5 cm³/mol. The summed E-state index contributed by atoms with van der Waals surface area (Å²) in [6, 6.07) is 7.35. The van der Waals surface area contributed by atoms with Crippen LogP contribution in [0.3, 0.4) is 0 Å². The fourth-order valence-electron chi connectivity index (χ4n) is 2.47. The van der Waals surface area contributed by atoms with Gasteiger partial charge in [0.2, 0.25) is 10.0 Å². The molecule has 2 rings (SSSR count). The predicted octanol–water partition coefficient (Wildman–Crippen LogP) is 1.13. The Morgan fingerprint density at radius 1 is 1.40 bits per heavy atom. The summed E-state index contributed by atoms with van der Waals surface area (Å²) in [5.74, 6) is -0.00736. The average molecular weight is 298 g/mol. The molecule has 0 bridgehead atoms. The van der Waals surface area contributed by atoms with Crippen molar-refractivity contribution in [1.82, 2.24) is 4.72 Å². The van der Waals surface area contributed by atoms with Gasteiger partial charge < -0.3 is 10.5 Å². The largest absolute Gasteiger partial charge is 0.378 e. The van der Waals surface area contributed by atoms with Gasteiger partial charge in [-0.25, -0.2) is 13.1 Å². The molecule has 0 spiro atoms. The van der Waals surface area contributed by atoms with Crippen LogP contribution < -0.4 is 10.5 Å². The second-order valence-electron chi connectivity index (χ2n) is 5.30. The van der Waals surface area contributed by atoms with E-state index in [1.54, 1.807) is 0 Å². The summed E-state index contributed by atoms with van der Waals surface area (Å²) in [7, 11) is -3.33. The molecule has 3 N–H and O–H groups in total. The van der Waals surface area contributed by atoms with Crippen LogP contribution in [-0.2, 0) is 27.1 Å². The summed E-state index contributed by atoms with van der Waals surface area (Å²) in [5.41, 5.74) is 7.27. The zero-order valence-electron chi connectivity index (χ0n) is 11.7. The topological polar surface area (TPSA) is 81.4 Å². The van der Waals surface area contributed by atoms with E-state index in [0.717, 1.165) is 24.0 Å². The number of hydrogen-bond acceptors (Lipinski definition) is 4. The highest BCUT2D eigenvalue weighted by atomic mass is 32.2. The van der Waals surface area contributed by atoms with E-state index in [9.17, 15) is 8.42 Å². The molecule has 5 nitrogen and oxygen atoms in total. The van der Waals surface area contributed by atoms with Gasteiger partial charge in [-0.2, -0.15) is 0 Å². The fourth-order valence-corrected chi connectivity index (χ4v) is 3.89. The number of sulfonamides is 1. The van der Waals surface area contributed by atoms with Gasteiger partial charge >= 0.3 is 0 Å². The molecular formula is C14H22N2O3S. The Labute approximate surface area is 120 Å². The molecule has 1 fully saturated rings. The highest BCUT2D eigenvalue weighted by molar-refractivity contribution is 7.88. The van der Waals surface area contributed by atoms with Gasteiger partial charge in [-0.15, -0.1) is 0 Å². The molecular weight excluding hydrogens is 276 g/mol. The molecule has 2 atom stereocenters. The maximum atomic E-state index is 12.2. The Balaban J connectivity index is 1.99. The summed E-state index contributed by atoms with van der Waals surface area (Å²) < 4.78 is 32.6. The zero-order valence-corrected chi connectivity index (χ0v) is 12.5. The van der Waals surface area contributed by atoms with Crippen LogP contribution in [0.2, 0.25) is 0 Å². The minimum Gasteiger partial charge on any atom is -0.378 e. The van der Waals surface area contributed by atoms with Gasteiger partial charge in [-0.1, -0.05) is 24.3 Å². The Hall–Kier alpha value is -0.950. The molecule has 0 radical (unpaired) electrons. The van der Waals surface area contributed by atoms with Crippen molar-refractivity contribution in [2.75, 3.05) is 6.61 Å². The van der Waals surface area contributed by atoms with Gasteiger partial charge in [-0.05, 0) is 30.9 Å². The molecule has 0 amide bonds. The third-order valence-corrected chi connectivity index (χ3v) is 4.82. The van der Waals surface area contributed by atoms with Crippen LogP contribution in [0.1, 0.15) is 30.9 Å². The van der Waals surface area contributed by atoms with Crippen LogP contribution in [0.15, 0.2) is 24.3 Å². The zero-order chi connectivity index (χ0) is 14.6. The maximum absolute atomic E-state index is 12.2. The second kappa shape index (κ2) is 6.67. The number of nitrogens with two attached hydrogens (primary N) is 1. The first-order chi connectivity index (χ1) is 9.48. The number of benzene rings is 1. The van der Waals surface area contributed by atoms with E-state index in [2.05, 4.69) is 4.72 Å². The van der Waals surface area contributed by atoms with Gasteiger partial charge in [0.05, 0.1) is 11.9 Å². The minimum atomic E-state index is -3.33. The van der Waals surface area contributed by atoms with Crippen LogP contribution in [0.5, 0.6) is 0 Å². The third kappa shape index (κ3) is 4.56. The Morgan fingerprint density at radius 3 is 2.85 bits per heavy atom. The Kier molecular flexibility index (Phi) is 5.15. The first-order valence-corrected chi connectivity index (χ1v) is 8.53. The van der Waals surface area contributed by atoms with E-state index in [4.69, 9.17) is 10.5 Å². The van der Waals surface area contributed by atoms with Crippen LogP contribution in [0, 0.1) is 0 Å². The number of ether oxygens (including phenoxy) is 1. The standard InChI is InChI=1S/C14H22N2O3S/c1-11-7-14(5-6-19-11)16-20(17,18)10-13-4-2-3-12(8-13)9-15/h2-4,8,11,14,16H,5-7,9-10,15H2,1H3. The molecule has 0 aliphatic carbocycles. The van der Waals surface area contributed by atoms with Gasteiger partial charge in [0, 0.05) is 19.2 Å². The fraction of sp³-hybridized carbons (Fsp3) is 0.571. The quantitative estimate of drug-likeness (QED) is 0.854. The molecule has 1 aromatic rings. The van der Waals surface area contributed by atoms with Crippen molar-refractivity contribution in [3.63, 3.8) is 0 Å².